The third-order valence-electron chi connectivity index (χ3n) is 4.65. The van der Waals surface area contributed by atoms with Crippen molar-refractivity contribution in [3.63, 3.8) is 0 Å². The van der Waals surface area contributed by atoms with Gasteiger partial charge in [-0.15, -0.1) is 24.0 Å². The van der Waals surface area contributed by atoms with Crippen molar-refractivity contribution >= 4 is 29.9 Å². The first-order valence-electron chi connectivity index (χ1n) is 9.55. The molecule has 0 amide bonds. The van der Waals surface area contributed by atoms with Crippen LogP contribution in [0.5, 0.6) is 0 Å². The fourth-order valence-corrected chi connectivity index (χ4v) is 3.02. The van der Waals surface area contributed by atoms with Crippen LogP contribution in [0.15, 0.2) is 29.3 Å². The molecule has 0 aliphatic carbocycles. The van der Waals surface area contributed by atoms with Crippen LogP contribution in [0.3, 0.4) is 0 Å². The molecule has 9 heteroatoms. The number of piperazine rings is 1. The van der Waals surface area contributed by atoms with Crippen LogP contribution in [0.25, 0.3) is 0 Å². The molecule has 1 heterocycles. The number of rotatable bonds is 7. The summed E-state index contributed by atoms with van der Waals surface area (Å²) in [4.78, 5) is 9.26. The van der Waals surface area contributed by atoms with Crippen molar-refractivity contribution in [3.8, 4) is 0 Å². The maximum absolute atomic E-state index is 12.8. The monoisotopic (exact) mass is 513 g/mol. The van der Waals surface area contributed by atoms with E-state index in [-0.39, 0.29) is 30.5 Å². The molecule has 0 spiro atoms. The predicted octanol–water partition coefficient (Wildman–Crippen LogP) is 3.02. The smallest absolute Gasteiger partial charge is 0.357 e. The Kier molecular flexibility index (Phi) is 11.1. The van der Waals surface area contributed by atoms with Crippen LogP contribution < -0.4 is 10.6 Å². The largest absolute Gasteiger partial charge is 0.416 e. The summed E-state index contributed by atoms with van der Waals surface area (Å²) >= 11 is 0. The Hall–Kier alpha value is -1.07. The van der Waals surface area contributed by atoms with Crippen molar-refractivity contribution in [1.82, 2.24) is 20.4 Å². The van der Waals surface area contributed by atoms with E-state index in [0.717, 1.165) is 57.9 Å². The number of nitrogens with one attached hydrogen (secondary N) is 2. The molecule has 1 aromatic rings. The van der Waals surface area contributed by atoms with Crippen LogP contribution in [0.4, 0.5) is 13.2 Å². The molecule has 0 aromatic heterocycles. The average Bonchev–Trinajstić information content (AvgIpc) is 2.66. The summed E-state index contributed by atoms with van der Waals surface area (Å²) in [5.41, 5.74) is -0.0999. The van der Waals surface area contributed by atoms with Crippen LogP contribution >= 0.6 is 24.0 Å². The summed E-state index contributed by atoms with van der Waals surface area (Å²) in [6, 6.07) is 5.31. The Balaban J connectivity index is 0.00000392. The minimum Gasteiger partial charge on any atom is -0.357 e. The quantitative estimate of drug-likeness (QED) is 0.335. The molecule has 0 bridgehead atoms. The third-order valence-corrected chi connectivity index (χ3v) is 4.65. The number of hydrogen-bond acceptors (Lipinski definition) is 3. The minimum absolute atomic E-state index is 0. The summed E-state index contributed by atoms with van der Waals surface area (Å²) in [5.74, 6) is 0.627. The second kappa shape index (κ2) is 12.5. The van der Waals surface area contributed by atoms with Gasteiger partial charge in [0.2, 0.25) is 0 Å². The highest BCUT2D eigenvalue weighted by Crippen LogP contribution is 2.29. The van der Waals surface area contributed by atoms with E-state index in [1.54, 1.807) is 6.07 Å². The highest BCUT2D eigenvalue weighted by molar-refractivity contribution is 14.0. The van der Waals surface area contributed by atoms with E-state index in [9.17, 15) is 13.2 Å². The second-order valence-corrected chi connectivity index (χ2v) is 6.60. The fourth-order valence-electron chi connectivity index (χ4n) is 3.02. The predicted molar refractivity (Wildman–Crippen MR) is 118 cm³/mol. The van der Waals surface area contributed by atoms with Gasteiger partial charge in [-0.1, -0.05) is 19.1 Å². The number of likely N-dealkylation sites (N-methyl/N-ethyl adjacent to an activating group) is 1. The van der Waals surface area contributed by atoms with Gasteiger partial charge in [0, 0.05) is 45.8 Å². The van der Waals surface area contributed by atoms with Gasteiger partial charge in [0.15, 0.2) is 5.96 Å². The summed E-state index contributed by atoms with van der Waals surface area (Å²) in [6.07, 6.45) is -4.33. The van der Waals surface area contributed by atoms with Gasteiger partial charge in [-0.25, -0.2) is 4.99 Å². The maximum atomic E-state index is 12.8. The molecular formula is C19H31F3IN5. The number of hydrogen-bond donors (Lipinski definition) is 2. The lowest BCUT2D eigenvalue weighted by Crippen LogP contribution is -2.49. The van der Waals surface area contributed by atoms with Gasteiger partial charge in [-0.2, -0.15) is 13.2 Å². The third kappa shape index (κ3) is 8.52. The number of halogens is 4. The first-order chi connectivity index (χ1) is 12.9. The van der Waals surface area contributed by atoms with Gasteiger partial charge in [0.1, 0.15) is 0 Å². The Morgan fingerprint density at radius 2 is 1.75 bits per heavy atom. The molecule has 1 fully saturated rings. The van der Waals surface area contributed by atoms with E-state index >= 15 is 0 Å². The van der Waals surface area contributed by atoms with Gasteiger partial charge in [0.25, 0.3) is 0 Å². The standard InChI is InChI=1S/C19H30F3N5.HI/c1-3-23-18(24-8-9-27-12-10-26(4-2)11-13-27)25-15-16-6-5-7-17(14-16)19(20,21)22;/h5-7,14H,3-4,8-13,15H2,1-2H3,(H2,23,24,25);1H. The molecule has 2 N–H and O–H groups in total. The Labute approximate surface area is 182 Å². The van der Waals surface area contributed by atoms with Crippen molar-refractivity contribution in [2.75, 3.05) is 52.4 Å². The first kappa shape index (κ1) is 25.0. The van der Waals surface area contributed by atoms with E-state index in [1.165, 1.54) is 6.07 Å². The molecular weight excluding hydrogens is 482 g/mol. The summed E-state index contributed by atoms with van der Waals surface area (Å²) in [5, 5.41) is 6.41. The molecule has 160 valence electrons. The molecule has 0 saturated carbocycles. The first-order valence-corrected chi connectivity index (χ1v) is 9.55. The summed E-state index contributed by atoms with van der Waals surface area (Å²) < 4.78 is 38.4. The van der Waals surface area contributed by atoms with Crippen LogP contribution in [0.1, 0.15) is 25.0 Å². The Morgan fingerprint density at radius 3 is 2.36 bits per heavy atom. The van der Waals surface area contributed by atoms with Gasteiger partial charge in [-0.3, -0.25) is 4.90 Å². The molecule has 1 aliphatic rings. The van der Waals surface area contributed by atoms with Crippen molar-refractivity contribution in [1.29, 1.82) is 0 Å². The second-order valence-electron chi connectivity index (χ2n) is 6.60. The number of guanidine groups is 1. The molecule has 0 radical (unpaired) electrons. The highest BCUT2D eigenvalue weighted by Gasteiger charge is 2.30. The molecule has 1 aromatic carbocycles. The van der Waals surface area contributed by atoms with E-state index in [2.05, 4.69) is 32.3 Å². The van der Waals surface area contributed by atoms with Crippen molar-refractivity contribution in [2.45, 2.75) is 26.6 Å². The SMILES string of the molecule is CCNC(=NCc1cccc(C(F)(F)F)c1)NCCN1CCN(CC)CC1.I. The average molecular weight is 513 g/mol. The van der Waals surface area contributed by atoms with E-state index in [1.807, 2.05) is 6.92 Å². The van der Waals surface area contributed by atoms with E-state index < -0.39 is 11.7 Å². The van der Waals surface area contributed by atoms with Gasteiger partial charge in [0.05, 0.1) is 12.1 Å². The number of alkyl halides is 3. The van der Waals surface area contributed by atoms with Crippen LogP contribution in [0.2, 0.25) is 0 Å². The molecule has 0 atom stereocenters. The number of nitrogens with zero attached hydrogens (tertiary/aromatic N) is 3. The zero-order valence-corrected chi connectivity index (χ0v) is 18.9. The molecule has 28 heavy (non-hydrogen) atoms. The van der Waals surface area contributed by atoms with Crippen LogP contribution in [0, 0.1) is 0 Å². The summed E-state index contributed by atoms with van der Waals surface area (Å²) in [6.45, 7) is 12.1. The van der Waals surface area contributed by atoms with Crippen molar-refractivity contribution in [3.05, 3.63) is 35.4 Å². The molecule has 0 unspecified atom stereocenters. The number of benzene rings is 1. The van der Waals surface area contributed by atoms with Crippen LogP contribution in [-0.2, 0) is 12.7 Å². The lowest BCUT2D eigenvalue weighted by atomic mass is 10.1. The molecule has 1 saturated heterocycles. The number of aliphatic imine (C=N–C) groups is 1. The van der Waals surface area contributed by atoms with Gasteiger partial charge in [-0.05, 0) is 31.2 Å². The van der Waals surface area contributed by atoms with Crippen molar-refractivity contribution in [2.24, 2.45) is 4.99 Å². The molecule has 2 rings (SSSR count). The highest BCUT2D eigenvalue weighted by atomic mass is 127. The van der Waals surface area contributed by atoms with Crippen molar-refractivity contribution < 1.29 is 13.2 Å². The Bertz CT molecular complexity index is 601. The lowest BCUT2D eigenvalue weighted by Gasteiger charge is -2.34. The van der Waals surface area contributed by atoms with Gasteiger partial charge >= 0.3 is 6.18 Å². The summed E-state index contributed by atoms with van der Waals surface area (Å²) in [7, 11) is 0. The van der Waals surface area contributed by atoms with Crippen LogP contribution in [-0.4, -0.2) is 68.1 Å². The molecule has 1 aliphatic heterocycles. The van der Waals surface area contributed by atoms with E-state index in [0.29, 0.717) is 18.1 Å². The van der Waals surface area contributed by atoms with E-state index in [4.69, 9.17) is 0 Å². The molecule has 5 nitrogen and oxygen atoms in total. The zero-order valence-electron chi connectivity index (χ0n) is 16.6. The fraction of sp³-hybridized carbons (Fsp3) is 0.632. The minimum atomic E-state index is -4.33. The zero-order chi connectivity index (χ0) is 19.7. The lowest BCUT2D eigenvalue weighted by molar-refractivity contribution is -0.137. The Morgan fingerprint density at radius 1 is 1.07 bits per heavy atom. The maximum Gasteiger partial charge on any atom is 0.416 e. The normalized spacial score (nSPS) is 16.5. The topological polar surface area (TPSA) is 42.9 Å². The van der Waals surface area contributed by atoms with Gasteiger partial charge < -0.3 is 15.5 Å².